The number of rotatable bonds is 7. The highest BCUT2D eigenvalue weighted by atomic mass is 32.2. The van der Waals surface area contributed by atoms with Crippen molar-refractivity contribution in [1.29, 1.82) is 0 Å². The first-order valence-electron chi connectivity index (χ1n) is 7.85. The van der Waals surface area contributed by atoms with E-state index >= 15 is 0 Å². The zero-order chi connectivity index (χ0) is 17.6. The van der Waals surface area contributed by atoms with Gasteiger partial charge in [0.1, 0.15) is 5.75 Å². The number of aromatic nitrogens is 3. The van der Waals surface area contributed by atoms with Crippen LogP contribution in [0.15, 0.2) is 58.4 Å². The van der Waals surface area contributed by atoms with Crippen LogP contribution in [0.5, 0.6) is 5.75 Å². The molecule has 0 bridgehead atoms. The number of thioether (sulfide) groups is 1. The second-order valence-corrected chi connectivity index (χ2v) is 6.48. The van der Waals surface area contributed by atoms with Gasteiger partial charge >= 0.3 is 0 Å². The van der Waals surface area contributed by atoms with Gasteiger partial charge in [-0.15, -0.1) is 10.2 Å². The molecule has 2 heterocycles. The molecule has 0 amide bonds. The zero-order valence-electron chi connectivity index (χ0n) is 13.9. The lowest BCUT2D eigenvalue weighted by Gasteiger charge is -2.08. The summed E-state index contributed by atoms with van der Waals surface area (Å²) in [6.45, 7) is 4.33. The molecule has 0 saturated heterocycles. The van der Waals surface area contributed by atoms with E-state index in [4.69, 9.17) is 9.15 Å². The monoisotopic (exact) mass is 355 g/mol. The van der Waals surface area contributed by atoms with Crippen LogP contribution < -0.4 is 4.74 Å². The first-order valence-corrected chi connectivity index (χ1v) is 8.73. The fraction of sp³-hybridized carbons (Fsp3) is 0.222. The van der Waals surface area contributed by atoms with E-state index in [0.717, 1.165) is 11.3 Å². The number of carbonyl (C=O) groups is 1. The number of ether oxygens (including phenoxy) is 1. The fourth-order valence-electron chi connectivity index (χ4n) is 2.19. The Morgan fingerprint density at radius 3 is 2.56 bits per heavy atom. The Labute approximate surface area is 149 Å². The first kappa shape index (κ1) is 17.2. The molecular formula is C18H17N3O3S. The number of ketones is 1. The average Bonchev–Trinajstić information content (AvgIpc) is 3.11. The lowest BCUT2D eigenvalue weighted by molar-refractivity contribution is 0.0993. The molecule has 7 heteroatoms. The van der Waals surface area contributed by atoms with Crippen LogP contribution in [-0.4, -0.2) is 32.8 Å². The summed E-state index contributed by atoms with van der Waals surface area (Å²) >= 11 is 1.24. The molecule has 1 aromatic carbocycles. The molecule has 1 atom stereocenters. The summed E-state index contributed by atoms with van der Waals surface area (Å²) < 4.78 is 11.0. The van der Waals surface area contributed by atoms with Crippen LogP contribution in [0.4, 0.5) is 0 Å². The van der Waals surface area contributed by atoms with Gasteiger partial charge in [-0.3, -0.25) is 9.78 Å². The van der Waals surface area contributed by atoms with E-state index in [0.29, 0.717) is 23.3 Å². The maximum Gasteiger partial charge on any atom is 0.277 e. The minimum Gasteiger partial charge on any atom is -0.494 e. The van der Waals surface area contributed by atoms with Gasteiger partial charge in [-0.05, 0) is 50.2 Å². The van der Waals surface area contributed by atoms with Gasteiger partial charge < -0.3 is 9.15 Å². The average molecular weight is 355 g/mol. The van der Waals surface area contributed by atoms with Crippen molar-refractivity contribution >= 4 is 17.5 Å². The third-order valence-electron chi connectivity index (χ3n) is 3.43. The van der Waals surface area contributed by atoms with E-state index in [-0.39, 0.29) is 11.0 Å². The summed E-state index contributed by atoms with van der Waals surface area (Å²) in [5.74, 6) is 1.15. The molecule has 0 aliphatic carbocycles. The van der Waals surface area contributed by atoms with Gasteiger partial charge in [-0.25, -0.2) is 0 Å². The van der Waals surface area contributed by atoms with E-state index in [9.17, 15) is 4.79 Å². The molecular weight excluding hydrogens is 338 g/mol. The van der Waals surface area contributed by atoms with E-state index < -0.39 is 0 Å². The number of Topliss-reactive ketones (excluding diaryl/α,β-unsaturated/α-hetero) is 1. The van der Waals surface area contributed by atoms with Gasteiger partial charge in [0, 0.05) is 23.5 Å². The molecule has 3 aromatic rings. The van der Waals surface area contributed by atoms with E-state index in [1.54, 1.807) is 48.8 Å². The number of hydrogen-bond donors (Lipinski definition) is 0. The first-order chi connectivity index (χ1) is 12.2. The Morgan fingerprint density at radius 1 is 1.16 bits per heavy atom. The molecule has 0 aliphatic rings. The van der Waals surface area contributed by atoms with Crippen molar-refractivity contribution in [1.82, 2.24) is 15.2 Å². The second kappa shape index (κ2) is 7.94. The third-order valence-corrected chi connectivity index (χ3v) is 4.36. The van der Waals surface area contributed by atoms with Crippen molar-refractivity contribution < 1.29 is 13.9 Å². The third kappa shape index (κ3) is 4.24. The molecule has 3 rings (SSSR count). The number of nitrogens with zero attached hydrogens (tertiary/aromatic N) is 3. The minimum atomic E-state index is -0.344. The lowest BCUT2D eigenvalue weighted by atomic mass is 10.1. The summed E-state index contributed by atoms with van der Waals surface area (Å²) in [7, 11) is 0. The summed E-state index contributed by atoms with van der Waals surface area (Å²) in [5, 5.41) is 8.03. The fourth-order valence-corrected chi connectivity index (χ4v) is 2.95. The van der Waals surface area contributed by atoms with E-state index in [2.05, 4.69) is 15.2 Å². The van der Waals surface area contributed by atoms with Crippen molar-refractivity contribution in [3.63, 3.8) is 0 Å². The molecule has 0 saturated carbocycles. The summed E-state index contributed by atoms with van der Waals surface area (Å²) in [6.07, 6.45) is 3.31. The number of carbonyl (C=O) groups excluding carboxylic acids is 1. The topological polar surface area (TPSA) is 78.1 Å². The Kier molecular flexibility index (Phi) is 5.45. The Balaban J connectivity index is 1.66. The summed E-state index contributed by atoms with van der Waals surface area (Å²) in [6, 6.07) is 10.7. The van der Waals surface area contributed by atoms with Crippen molar-refractivity contribution in [2.24, 2.45) is 0 Å². The smallest absolute Gasteiger partial charge is 0.277 e. The minimum absolute atomic E-state index is 0.00305. The molecule has 0 fully saturated rings. The van der Waals surface area contributed by atoms with Crippen LogP contribution in [0.3, 0.4) is 0 Å². The van der Waals surface area contributed by atoms with Crippen molar-refractivity contribution in [2.45, 2.75) is 24.3 Å². The molecule has 6 nitrogen and oxygen atoms in total. The van der Waals surface area contributed by atoms with Crippen LogP contribution >= 0.6 is 11.8 Å². The van der Waals surface area contributed by atoms with Crippen LogP contribution in [0.25, 0.3) is 11.5 Å². The number of pyridine rings is 1. The maximum absolute atomic E-state index is 12.5. The zero-order valence-corrected chi connectivity index (χ0v) is 14.7. The largest absolute Gasteiger partial charge is 0.494 e. The van der Waals surface area contributed by atoms with Gasteiger partial charge in [-0.1, -0.05) is 11.8 Å². The summed E-state index contributed by atoms with van der Waals surface area (Å²) in [5.41, 5.74) is 1.41. The lowest BCUT2D eigenvalue weighted by Crippen LogP contribution is -2.13. The Hall–Kier alpha value is -2.67. The Morgan fingerprint density at radius 2 is 1.88 bits per heavy atom. The molecule has 0 unspecified atom stereocenters. The quantitative estimate of drug-likeness (QED) is 0.470. The number of benzene rings is 1. The van der Waals surface area contributed by atoms with Crippen LogP contribution in [0.1, 0.15) is 24.2 Å². The molecule has 0 aliphatic heterocycles. The van der Waals surface area contributed by atoms with Gasteiger partial charge in [0.15, 0.2) is 5.78 Å². The molecule has 0 spiro atoms. The highest BCUT2D eigenvalue weighted by Gasteiger charge is 2.20. The molecule has 2 aromatic heterocycles. The normalized spacial score (nSPS) is 11.9. The van der Waals surface area contributed by atoms with Crippen LogP contribution in [0, 0.1) is 0 Å². The van der Waals surface area contributed by atoms with Gasteiger partial charge in [0.25, 0.3) is 5.22 Å². The predicted octanol–water partition coefficient (Wildman–Crippen LogP) is 3.89. The molecule has 128 valence electrons. The van der Waals surface area contributed by atoms with E-state index in [1.807, 2.05) is 13.8 Å². The highest BCUT2D eigenvalue weighted by molar-refractivity contribution is 8.00. The molecule has 25 heavy (non-hydrogen) atoms. The Bertz CT molecular complexity index is 834. The van der Waals surface area contributed by atoms with E-state index in [1.165, 1.54) is 11.8 Å². The SMILES string of the molecule is CCOc1ccc(C(=O)[C@@H](C)Sc2nnc(-c3ccncc3)o2)cc1. The molecule has 0 N–H and O–H groups in total. The van der Waals surface area contributed by atoms with Crippen LogP contribution in [-0.2, 0) is 0 Å². The predicted molar refractivity (Wildman–Crippen MR) is 94.8 cm³/mol. The van der Waals surface area contributed by atoms with Gasteiger partial charge in [-0.2, -0.15) is 0 Å². The standard InChI is InChI=1S/C18H17N3O3S/c1-3-23-15-6-4-13(5-7-15)16(22)12(2)25-18-21-20-17(24-18)14-8-10-19-11-9-14/h4-12H,3H2,1-2H3/t12-/m1/s1. The van der Waals surface area contributed by atoms with Crippen molar-refractivity contribution in [3.8, 4) is 17.2 Å². The number of hydrogen-bond acceptors (Lipinski definition) is 7. The van der Waals surface area contributed by atoms with Gasteiger partial charge in [0.2, 0.25) is 5.89 Å². The van der Waals surface area contributed by atoms with Crippen LogP contribution in [0.2, 0.25) is 0 Å². The van der Waals surface area contributed by atoms with Gasteiger partial charge in [0.05, 0.1) is 11.9 Å². The maximum atomic E-state index is 12.5. The van der Waals surface area contributed by atoms with Crippen molar-refractivity contribution in [2.75, 3.05) is 6.61 Å². The highest BCUT2D eigenvalue weighted by Crippen LogP contribution is 2.27. The second-order valence-electron chi connectivity index (χ2n) is 5.19. The molecule has 0 radical (unpaired) electrons. The van der Waals surface area contributed by atoms with Crippen molar-refractivity contribution in [3.05, 3.63) is 54.4 Å². The summed E-state index contributed by atoms with van der Waals surface area (Å²) in [4.78, 5) is 16.5.